The molecule has 1 rings (SSSR count). The largest absolute Gasteiger partial charge is 0.409 e. The number of hydrogen-bond acceptors (Lipinski definition) is 4. The Kier molecular flexibility index (Phi) is 6.62. The lowest BCUT2D eigenvalue weighted by atomic mass is 9.96. The van der Waals surface area contributed by atoms with Crippen molar-refractivity contribution in [1.29, 1.82) is 0 Å². The van der Waals surface area contributed by atoms with Gasteiger partial charge in [0.2, 0.25) is 5.91 Å². The first-order valence-corrected chi connectivity index (χ1v) is 7.01. The maximum atomic E-state index is 12.5. The lowest BCUT2D eigenvalue weighted by molar-refractivity contribution is -0.141. The first kappa shape index (κ1) is 15.8. The van der Waals surface area contributed by atoms with E-state index in [0.717, 1.165) is 25.7 Å². The fourth-order valence-electron chi connectivity index (χ4n) is 2.44. The number of carbonyl (C=O) groups is 1. The van der Waals surface area contributed by atoms with Crippen LogP contribution in [0.2, 0.25) is 0 Å². The number of carbonyl (C=O) groups excluding carboxylic acids is 1. The highest BCUT2D eigenvalue weighted by atomic mass is 16.5. The molecule has 110 valence electrons. The Bertz CT molecular complexity index is 314. The topological polar surface area (TPSA) is 88.2 Å². The molecule has 1 heterocycles. The zero-order chi connectivity index (χ0) is 14.3. The SMILES string of the molecule is CCCC(CCC)C(=O)N1CCOC(C(N)=NO)C1. The van der Waals surface area contributed by atoms with Crippen molar-refractivity contribution in [2.75, 3.05) is 19.7 Å². The summed E-state index contributed by atoms with van der Waals surface area (Å²) in [6, 6.07) is 0. The molecule has 0 spiro atoms. The summed E-state index contributed by atoms with van der Waals surface area (Å²) in [5.41, 5.74) is 5.54. The van der Waals surface area contributed by atoms with Gasteiger partial charge in [-0.05, 0) is 12.8 Å². The second kappa shape index (κ2) is 7.99. The van der Waals surface area contributed by atoms with Crippen molar-refractivity contribution in [1.82, 2.24) is 4.90 Å². The highest BCUT2D eigenvalue weighted by Gasteiger charge is 2.30. The molecule has 0 radical (unpaired) electrons. The molecule has 0 aromatic rings. The fourth-order valence-corrected chi connectivity index (χ4v) is 2.44. The third-order valence-electron chi connectivity index (χ3n) is 3.45. The molecule has 1 unspecified atom stereocenters. The quantitative estimate of drug-likeness (QED) is 0.328. The summed E-state index contributed by atoms with van der Waals surface area (Å²) in [5.74, 6) is 0.281. The van der Waals surface area contributed by atoms with Crippen molar-refractivity contribution < 1.29 is 14.7 Å². The maximum absolute atomic E-state index is 12.5. The van der Waals surface area contributed by atoms with Gasteiger partial charge in [-0.15, -0.1) is 0 Å². The van der Waals surface area contributed by atoms with Crippen LogP contribution < -0.4 is 5.73 Å². The van der Waals surface area contributed by atoms with Crippen molar-refractivity contribution in [2.45, 2.75) is 45.6 Å². The zero-order valence-corrected chi connectivity index (χ0v) is 11.8. The van der Waals surface area contributed by atoms with Crippen LogP contribution in [0.3, 0.4) is 0 Å². The molecule has 1 atom stereocenters. The van der Waals surface area contributed by atoms with Gasteiger partial charge >= 0.3 is 0 Å². The van der Waals surface area contributed by atoms with Gasteiger partial charge in [-0.1, -0.05) is 31.8 Å². The monoisotopic (exact) mass is 271 g/mol. The number of rotatable bonds is 6. The average Bonchev–Trinajstić information content (AvgIpc) is 2.45. The highest BCUT2D eigenvalue weighted by Crippen LogP contribution is 2.18. The van der Waals surface area contributed by atoms with Crippen molar-refractivity contribution in [2.24, 2.45) is 16.8 Å². The van der Waals surface area contributed by atoms with Crippen LogP contribution in [0.5, 0.6) is 0 Å². The van der Waals surface area contributed by atoms with E-state index >= 15 is 0 Å². The van der Waals surface area contributed by atoms with E-state index in [-0.39, 0.29) is 17.7 Å². The van der Waals surface area contributed by atoms with Crippen molar-refractivity contribution in [3.63, 3.8) is 0 Å². The van der Waals surface area contributed by atoms with Crippen molar-refractivity contribution in [3.8, 4) is 0 Å². The predicted molar refractivity (Wildman–Crippen MR) is 73.0 cm³/mol. The van der Waals surface area contributed by atoms with Crippen LogP contribution in [-0.4, -0.2) is 47.7 Å². The number of morpholine rings is 1. The van der Waals surface area contributed by atoms with Gasteiger partial charge in [0.1, 0.15) is 6.10 Å². The van der Waals surface area contributed by atoms with E-state index in [4.69, 9.17) is 15.7 Å². The summed E-state index contributed by atoms with van der Waals surface area (Å²) in [5, 5.41) is 11.6. The molecule has 6 heteroatoms. The fraction of sp³-hybridized carbons (Fsp3) is 0.846. The van der Waals surface area contributed by atoms with Gasteiger partial charge in [0.25, 0.3) is 0 Å². The van der Waals surface area contributed by atoms with Gasteiger partial charge in [0, 0.05) is 12.5 Å². The first-order valence-electron chi connectivity index (χ1n) is 7.01. The van der Waals surface area contributed by atoms with Gasteiger partial charge in [-0.2, -0.15) is 0 Å². The average molecular weight is 271 g/mol. The van der Waals surface area contributed by atoms with Gasteiger partial charge in [-0.3, -0.25) is 4.79 Å². The van der Waals surface area contributed by atoms with E-state index in [9.17, 15) is 4.79 Å². The second-order valence-electron chi connectivity index (χ2n) is 4.94. The van der Waals surface area contributed by atoms with Crippen LogP contribution >= 0.6 is 0 Å². The van der Waals surface area contributed by atoms with Crippen LogP contribution in [0.1, 0.15) is 39.5 Å². The standard InChI is InChI=1S/C13H25N3O3/c1-3-5-10(6-4-2)13(17)16-7-8-19-11(9-16)12(14)15-18/h10-11,18H,3-9H2,1-2H3,(H2,14,15). The number of hydrogen-bond donors (Lipinski definition) is 2. The third kappa shape index (κ3) is 4.38. The minimum absolute atomic E-state index is 0.0278. The molecule has 0 aromatic carbocycles. The third-order valence-corrected chi connectivity index (χ3v) is 3.45. The minimum atomic E-state index is -0.494. The van der Waals surface area contributed by atoms with Crippen LogP contribution in [0.15, 0.2) is 5.16 Å². The van der Waals surface area contributed by atoms with Crippen molar-refractivity contribution in [3.05, 3.63) is 0 Å². The summed E-state index contributed by atoms with van der Waals surface area (Å²) in [4.78, 5) is 14.2. The molecule has 0 bridgehead atoms. The smallest absolute Gasteiger partial charge is 0.225 e. The molecule has 1 aliphatic heterocycles. The summed E-state index contributed by atoms with van der Waals surface area (Å²) >= 11 is 0. The van der Waals surface area contributed by atoms with Crippen LogP contribution in [0, 0.1) is 5.92 Å². The molecule has 19 heavy (non-hydrogen) atoms. The Hall–Kier alpha value is -1.30. The van der Waals surface area contributed by atoms with Crippen LogP contribution in [-0.2, 0) is 9.53 Å². The van der Waals surface area contributed by atoms with Gasteiger partial charge in [0.15, 0.2) is 5.84 Å². The molecule has 1 fully saturated rings. The molecular weight excluding hydrogens is 246 g/mol. The molecule has 1 saturated heterocycles. The molecule has 0 aromatic heterocycles. The summed E-state index contributed by atoms with van der Waals surface area (Å²) in [6.45, 7) is 5.57. The molecule has 1 amide bonds. The van der Waals surface area contributed by atoms with E-state index in [2.05, 4.69) is 19.0 Å². The lowest BCUT2D eigenvalue weighted by Gasteiger charge is -2.34. The number of ether oxygens (including phenoxy) is 1. The Balaban J connectivity index is 2.64. The number of amides is 1. The van der Waals surface area contributed by atoms with Crippen molar-refractivity contribution >= 4 is 11.7 Å². The second-order valence-corrected chi connectivity index (χ2v) is 4.94. The minimum Gasteiger partial charge on any atom is -0.409 e. The first-order chi connectivity index (χ1) is 9.13. The Labute approximate surface area is 114 Å². The van der Waals surface area contributed by atoms with Gasteiger partial charge in [0.05, 0.1) is 13.2 Å². The molecule has 6 nitrogen and oxygen atoms in total. The molecule has 1 aliphatic rings. The lowest BCUT2D eigenvalue weighted by Crippen LogP contribution is -2.52. The molecule has 3 N–H and O–H groups in total. The van der Waals surface area contributed by atoms with Crippen LogP contribution in [0.25, 0.3) is 0 Å². The number of nitrogens with two attached hydrogens (primary N) is 1. The maximum Gasteiger partial charge on any atom is 0.225 e. The predicted octanol–water partition coefficient (Wildman–Crippen LogP) is 1.18. The van der Waals surface area contributed by atoms with E-state index in [1.165, 1.54) is 0 Å². The van der Waals surface area contributed by atoms with E-state index in [0.29, 0.717) is 19.7 Å². The molecule has 0 saturated carbocycles. The number of nitrogens with zero attached hydrogens (tertiary/aromatic N) is 2. The highest BCUT2D eigenvalue weighted by molar-refractivity contribution is 5.86. The normalized spacial score (nSPS) is 20.9. The summed E-state index contributed by atoms with van der Waals surface area (Å²) < 4.78 is 5.40. The zero-order valence-electron chi connectivity index (χ0n) is 11.8. The molecular formula is C13H25N3O3. The number of oxime groups is 1. The van der Waals surface area contributed by atoms with Gasteiger partial charge in [-0.25, -0.2) is 0 Å². The summed E-state index contributed by atoms with van der Waals surface area (Å²) in [6.07, 6.45) is 3.34. The Morgan fingerprint density at radius 3 is 2.63 bits per heavy atom. The summed E-state index contributed by atoms with van der Waals surface area (Å²) in [7, 11) is 0. The number of amidine groups is 1. The van der Waals surface area contributed by atoms with E-state index < -0.39 is 6.10 Å². The van der Waals surface area contributed by atoms with Gasteiger partial charge < -0.3 is 20.6 Å². The van der Waals surface area contributed by atoms with Crippen LogP contribution in [0.4, 0.5) is 0 Å². The van der Waals surface area contributed by atoms with E-state index in [1.54, 1.807) is 4.90 Å². The Morgan fingerprint density at radius 2 is 2.11 bits per heavy atom. The molecule has 0 aliphatic carbocycles. The Morgan fingerprint density at radius 1 is 1.47 bits per heavy atom. The van der Waals surface area contributed by atoms with E-state index in [1.807, 2.05) is 0 Å².